The van der Waals surface area contributed by atoms with Crippen LogP contribution in [0, 0.1) is 13.8 Å². The second-order valence-corrected chi connectivity index (χ2v) is 6.72. The van der Waals surface area contributed by atoms with Gasteiger partial charge in [-0.05, 0) is 44.2 Å². The molecule has 0 unspecified atom stereocenters. The molecule has 4 rings (SSSR count). The van der Waals surface area contributed by atoms with Crippen molar-refractivity contribution in [2.45, 2.75) is 13.8 Å². The Labute approximate surface area is 160 Å². The topological polar surface area (TPSA) is 79.3 Å². The Balaban J connectivity index is 1.99. The van der Waals surface area contributed by atoms with Gasteiger partial charge in [0.1, 0.15) is 11.4 Å². The van der Waals surface area contributed by atoms with E-state index in [1.165, 1.54) is 10.6 Å². The number of hydrogen-bond acceptors (Lipinski definition) is 5. The van der Waals surface area contributed by atoms with E-state index in [9.17, 15) is 9.59 Å². The maximum absolute atomic E-state index is 12.7. The zero-order chi connectivity index (χ0) is 20.0. The van der Waals surface area contributed by atoms with Gasteiger partial charge in [0.2, 0.25) is 0 Å². The molecular formula is C21H19N3O4. The van der Waals surface area contributed by atoms with Crippen LogP contribution in [0.4, 0.5) is 0 Å². The monoisotopic (exact) mass is 377 g/mol. The summed E-state index contributed by atoms with van der Waals surface area (Å²) in [5, 5.41) is 4.89. The predicted octanol–water partition coefficient (Wildman–Crippen LogP) is 2.97. The van der Waals surface area contributed by atoms with Crippen LogP contribution in [-0.2, 0) is 7.05 Å². The first-order chi connectivity index (χ1) is 13.4. The van der Waals surface area contributed by atoms with Crippen molar-refractivity contribution in [2.75, 3.05) is 7.11 Å². The smallest absolute Gasteiger partial charge is 0.335 e. The van der Waals surface area contributed by atoms with E-state index in [-0.39, 0.29) is 5.56 Å². The van der Waals surface area contributed by atoms with E-state index in [0.717, 1.165) is 15.7 Å². The van der Waals surface area contributed by atoms with E-state index < -0.39 is 5.69 Å². The molecule has 0 amide bonds. The fourth-order valence-corrected chi connectivity index (χ4v) is 3.24. The van der Waals surface area contributed by atoms with Gasteiger partial charge in [-0.15, -0.1) is 0 Å². The number of hydrogen-bond donors (Lipinski definition) is 0. The Morgan fingerprint density at radius 1 is 1.04 bits per heavy atom. The lowest BCUT2D eigenvalue weighted by Crippen LogP contribution is -2.38. The van der Waals surface area contributed by atoms with Crippen LogP contribution in [-0.4, -0.2) is 21.4 Å². The van der Waals surface area contributed by atoms with E-state index in [1.807, 2.05) is 25.1 Å². The lowest BCUT2D eigenvalue weighted by Gasteiger charge is -2.10. The summed E-state index contributed by atoms with van der Waals surface area (Å²) in [4.78, 5) is 25.1. The normalized spacial score (nSPS) is 11.1. The first-order valence-corrected chi connectivity index (χ1v) is 8.75. The molecular weight excluding hydrogens is 358 g/mol. The van der Waals surface area contributed by atoms with Crippen LogP contribution in [0.5, 0.6) is 5.75 Å². The number of rotatable bonds is 3. The first kappa shape index (κ1) is 17.8. The fourth-order valence-electron chi connectivity index (χ4n) is 3.24. The minimum absolute atomic E-state index is 0.383. The zero-order valence-corrected chi connectivity index (χ0v) is 16.0. The maximum Gasteiger partial charge on any atom is 0.335 e. The summed E-state index contributed by atoms with van der Waals surface area (Å²) < 4.78 is 13.5. The molecule has 0 atom stereocenters. The molecule has 0 aliphatic carbocycles. The standard InChI is InChI=1S/C21H19N3O4/c1-12-5-7-17(27-4)15(9-12)20-16-11-14(6-8-18(16)28-22-20)24-19(25)10-13(2)23(3)21(24)26/h5-11H,1-4H3. The average molecular weight is 377 g/mol. The van der Waals surface area contributed by atoms with Gasteiger partial charge in [-0.2, -0.15) is 0 Å². The van der Waals surface area contributed by atoms with Crippen LogP contribution in [0.1, 0.15) is 11.3 Å². The molecule has 7 nitrogen and oxygen atoms in total. The average Bonchev–Trinajstić information content (AvgIpc) is 3.09. The van der Waals surface area contributed by atoms with Gasteiger partial charge >= 0.3 is 5.69 Å². The van der Waals surface area contributed by atoms with Gasteiger partial charge in [0.05, 0.1) is 18.2 Å². The number of benzene rings is 2. The second-order valence-electron chi connectivity index (χ2n) is 6.72. The molecule has 2 aromatic carbocycles. The highest BCUT2D eigenvalue weighted by Gasteiger charge is 2.17. The Morgan fingerprint density at radius 2 is 1.82 bits per heavy atom. The van der Waals surface area contributed by atoms with Crippen molar-refractivity contribution in [1.29, 1.82) is 0 Å². The molecule has 4 aromatic rings. The van der Waals surface area contributed by atoms with E-state index in [2.05, 4.69) is 5.16 Å². The summed E-state index contributed by atoms with van der Waals surface area (Å²) in [6.07, 6.45) is 0. The van der Waals surface area contributed by atoms with Crippen molar-refractivity contribution in [3.05, 3.63) is 74.6 Å². The first-order valence-electron chi connectivity index (χ1n) is 8.75. The molecule has 142 valence electrons. The van der Waals surface area contributed by atoms with Crippen molar-refractivity contribution in [1.82, 2.24) is 14.3 Å². The van der Waals surface area contributed by atoms with Crippen molar-refractivity contribution >= 4 is 11.0 Å². The van der Waals surface area contributed by atoms with Crippen molar-refractivity contribution in [3.8, 4) is 22.7 Å². The zero-order valence-electron chi connectivity index (χ0n) is 16.0. The van der Waals surface area contributed by atoms with E-state index in [4.69, 9.17) is 9.26 Å². The van der Waals surface area contributed by atoms with E-state index >= 15 is 0 Å². The van der Waals surface area contributed by atoms with Gasteiger partial charge < -0.3 is 13.8 Å². The SMILES string of the molecule is COc1ccc(C)cc1-c1noc2ccc(-n3c(=O)cc(C)n(C)c3=O)cc12. The molecule has 0 aliphatic heterocycles. The summed E-state index contributed by atoms with van der Waals surface area (Å²) in [5.74, 6) is 0.662. The van der Waals surface area contributed by atoms with Crippen LogP contribution >= 0.6 is 0 Å². The molecule has 0 saturated carbocycles. The van der Waals surface area contributed by atoms with Gasteiger partial charge in [-0.3, -0.25) is 4.79 Å². The van der Waals surface area contributed by atoms with E-state index in [0.29, 0.717) is 33.8 Å². The van der Waals surface area contributed by atoms with E-state index in [1.54, 1.807) is 39.3 Å². The van der Waals surface area contributed by atoms with Gasteiger partial charge in [0.25, 0.3) is 5.56 Å². The molecule has 2 aromatic heterocycles. The highest BCUT2D eigenvalue weighted by Crippen LogP contribution is 2.35. The third kappa shape index (κ3) is 2.72. The number of aromatic nitrogens is 3. The molecule has 0 radical (unpaired) electrons. The summed E-state index contributed by atoms with van der Waals surface area (Å²) >= 11 is 0. The highest BCUT2D eigenvalue weighted by molar-refractivity contribution is 5.94. The highest BCUT2D eigenvalue weighted by atomic mass is 16.5. The van der Waals surface area contributed by atoms with Crippen LogP contribution in [0.15, 0.2) is 56.6 Å². The van der Waals surface area contributed by atoms with Crippen molar-refractivity contribution < 1.29 is 9.26 Å². The number of methoxy groups -OCH3 is 1. The molecule has 2 heterocycles. The van der Waals surface area contributed by atoms with Gasteiger partial charge in [0.15, 0.2) is 5.58 Å². The second kappa shape index (κ2) is 6.53. The number of aryl methyl sites for hydroxylation is 2. The minimum Gasteiger partial charge on any atom is -0.496 e. The largest absolute Gasteiger partial charge is 0.496 e. The van der Waals surface area contributed by atoms with Crippen molar-refractivity contribution in [3.63, 3.8) is 0 Å². The Morgan fingerprint density at radius 3 is 2.57 bits per heavy atom. The minimum atomic E-state index is -0.407. The maximum atomic E-state index is 12.7. The fraction of sp³-hybridized carbons (Fsp3) is 0.190. The number of nitrogens with zero attached hydrogens (tertiary/aromatic N) is 3. The molecule has 0 aliphatic rings. The Kier molecular flexibility index (Phi) is 4.15. The molecule has 0 saturated heterocycles. The summed E-state index contributed by atoms with van der Waals surface area (Å²) in [5.41, 5.74) is 3.24. The number of fused-ring (bicyclic) bond motifs is 1. The Bertz CT molecular complexity index is 1330. The summed E-state index contributed by atoms with van der Waals surface area (Å²) in [7, 11) is 3.23. The lowest BCUT2D eigenvalue weighted by atomic mass is 10.0. The summed E-state index contributed by atoms with van der Waals surface area (Å²) in [6, 6.07) is 12.3. The van der Waals surface area contributed by atoms with Gasteiger partial charge in [-0.25, -0.2) is 9.36 Å². The molecule has 0 fully saturated rings. The molecule has 7 heteroatoms. The van der Waals surface area contributed by atoms with Crippen LogP contribution in [0.3, 0.4) is 0 Å². The number of ether oxygens (including phenoxy) is 1. The Hall–Kier alpha value is -3.61. The van der Waals surface area contributed by atoms with Crippen molar-refractivity contribution in [2.24, 2.45) is 7.05 Å². The third-order valence-electron chi connectivity index (χ3n) is 4.88. The molecule has 0 N–H and O–H groups in total. The van der Waals surface area contributed by atoms with Crippen LogP contribution < -0.4 is 16.0 Å². The van der Waals surface area contributed by atoms with Gasteiger partial charge in [-0.1, -0.05) is 16.8 Å². The van der Waals surface area contributed by atoms with Gasteiger partial charge in [0, 0.05) is 24.4 Å². The lowest BCUT2D eigenvalue weighted by molar-refractivity contribution is 0.415. The van der Waals surface area contributed by atoms with Crippen LogP contribution in [0.2, 0.25) is 0 Å². The quantitative estimate of drug-likeness (QED) is 0.548. The third-order valence-corrected chi connectivity index (χ3v) is 4.88. The summed E-state index contributed by atoms with van der Waals surface area (Å²) in [6.45, 7) is 3.70. The molecule has 0 bridgehead atoms. The van der Waals surface area contributed by atoms with Crippen LogP contribution in [0.25, 0.3) is 27.9 Å². The predicted molar refractivity (Wildman–Crippen MR) is 106 cm³/mol. The molecule has 28 heavy (non-hydrogen) atoms. The molecule has 0 spiro atoms.